The predicted octanol–water partition coefficient (Wildman–Crippen LogP) is 0.352. The molecule has 6 nitrogen and oxygen atoms in total. The van der Waals surface area contributed by atoms with Crippen LogP contribution in [-0.4, -0.2) is 29.4 Å². The van der Waals surface area contributed by atoms with Crippen LogP contribution in [0.25, 0.3) is 0 Å². The highest BCUT2D eigenvalue weighted by atomic mass is 15.9. The van der Waals surface area contributed by atoms with E-state index in [-0.39, 0.29) is 6.17 Å². The number of anilines is 1. The van der Waals surface area contributed by atoms with Crippen molar-refractivity contribution in [2.45, 2.75) is 20.0 Å². The number of hydrazine groups is 2. The number of nitrogens with two attached hydrogens (primary N) is 3. The minimum Gasteiger partial charge on any atom is -0.397 e. The Balaban J connectivity index is 2.49. The Morgan fingerprint density at radius 2 is 1.68 bits per heavy atom. The SMILES string of the molecule is CCN1C(N)C(N)=C(N)N(c2ccccc2)N1CC. The molecule has 1 aromatic rings. The molecule has 0 bridgehead atoms. The summed E-state index contributed by atoms with van der Waals surface area (Å²) >= 11 is 0. The van der Waals surface area contributed by atoms with E-state index in [1.165, 1.54) is 0 Å². The van der Waals surface area contributed by atoms with Crippen molar-refractivity contribution in [1.29, 1.82) is 0 Å². The summed E-state index contributed by atoms with van der Waals surface area (Å²) in [4.78, 5) is 0. The van der Waals surface area contributed by atoms with Crippen LogP contribution < -0.4 is 22.2 Å². The van der Waals surface area contributed by atoms with E-state index in [4.69, 9.17) is 17.2 Å². The standard InChI is InChI=1S/C13H22N6/c1-3-17-12(15)11(14)13(16)19(18(17)4-2)10-8-6-5-7-9-10/h5-9,12H,3-4,14-16H2,1-2H3. The first-order chi connectivity index (χ1) is 9.11. The minimum absolute atomic E-state index is 0.384. The van der Waals surface area contributed by atoms with Crippen LogP contribution in [0.2, 0.25) is 0 Å². The molecule has 0 saturated carbocycles. The summed E-state index contributed by atoms with van der Waals surface area (Å²) in [6.45, 7) is 5.61. The van der Waals surface area contributed by atoms with Gasteiger partial charge in [-0.3, -0.25) is 0 Å². The van der Waals surface area contributed by atoms with Crippen molar-refractivity contribution in [1.82, 2.24) is 10.1 Å². The van der Waals surface area contributed by atoms with Gasteiger partial charge in [0.15, 0.2) is 0 Å². The highest BCUT2D eigenvalue weighted by Crippen LogP contribution is 2.26. The summed E-state index contributed by atoms with van der Waals surface area (Å²) in [6, 6.07) is 9.90. The molecular weight excluding hydrogens is 240 g/mol. The van der Waals surface area contributed by atoms with Crippen molar-refractivity contribution >= 4 is 5.69 Å². The van der Waals surface area contributed by atoms with Crippen LogP contribution in [0.1, 0.15) is 13.8 Å². The quantitative estimate of drug-likeness (QED) is 0.728. The molecule has 0 spiro atoms. The number of hydrogen-bond acceptors (Lipinski definition) is 6. The molecule has 19 heavy (non-hydrogen) atoms. The Kier molecular flexibility index (Phi) is 3.94. The number of nitrogens with zero attached hydrogens (tertiary/aromatic N) is 3. The Bertz CT molecular complexity index is 457. The molecule has 104 valence electrons. The average molecular weight is 262 g/mol. The summed E-state index contributed by atoms with van der Waals surface area (Å²) in [7, 11) is 0. The molecule has 0 radical (unpaired) electrons. The normalized spacial score (nSPS) is 22.1. The fourth-order valence-electron chi connectivity index (χ4n) is 2.34. The second-order valence-electron chi connectivity index (χ2n) is 4.38. The third-order valence-corrected chi connectivity index (χ3v) is 3.30. The first-order valence-corrected chi connectivity index (χ1v) is 6.51. The first-order valence-electron chi connectivity index (χ1n) is 6.51. The third kappa shape index (κ3) is 2.25. The zero-order valence-corrected chi connectivity index (χ0v) is 11.5. The lowest BCUT2D eigenvalue weighted by Crippen LogP contribution is -2.65. The van der Waals surface area contributed by atoms with E-state index < -0.39 is 0 Å². The van der Waals surface area contributed by atoms with Gasteiger partial charge in [0.2, 0.25) is 0 Å². The van der Waals surface area contributed by atoms with E-state index in [1.54, 1.807) is 0 Å². The molecule has 0 fully saturated rings. The zero-order valence-electron chi connectivity index (χ0n) is 11.5. The van der Waals surface area contributed by atoms with Gasteiger partial charge in [0.25, 0.3) is 0 Å². The van der Waals surface area contributed by atoms with Crippen LogP contribution in [0.3, 0.4) is 0 Å². The monoisotopic (exact) mass is 262 g/mol. The van der Waals surface area contributed by atoms with E-state index in [0.29, 0.717) is 11.5 Å². The Morgan fingerprint density at radius 1 is 1.05 bits per heavy atom. The largest absolute Gasteiger partial charge is 0.397 e. The van der Waals surface area contributed by atoms with Gasteiger partial charge in [0, 0.05) is 13.1 Å². The summed E-state index contributed by atoms with van der Waals surface area (Å²) in [5.74, 6) is 0.491. The molecule has 2 rings (SSSR count). The lowest BCUT2D eigenvalue weighted by molar-refractivity contribution is -0.0573. The second kappa shape index (κ2) is 5.48. The molecule has 0 aromatic heterocycles. The molecule has 1 aromatic carbocycles. The van der Waals surface area contributed by atoms with Crippen molar-refractivity contribution in [2.75, 3.05) is 18.1 Å². The van der Waals surface area contributed by atoms with Crippen molar-refractivity contribution in [3.05, 3.63) is 41.8 Å². The molecule has 6 N–H and O–H groups in total. The molecule has 1 heterocycles. The van der Waals surface area contributed by atoms with Gasteiger partial charge in [-0.2, -0.15) is 0 Å². The van der Waals surface area contributed by atoms with Gasteiger partial charge in [0.1, 0.15) is 12.0 Å². The highest BCUT2D eigenvalue weighted by molar-refractivity contribution is 5.51. The number of rotatable bonds is 3. The van der Waals surface area contributed by atoms with E-state index in [0.717, 1.165) is 18.8 Å². The van der Waals surface area contributed by atoms with Gasteiger partial charge in [-0.1, -0.05) is 25.1 Å². The maximum atomic E-state index is 6.16. The van der Waals surface area contributed by atoms with Crippen molar-refractivity contribution in [3.8, 4) is 0 Å². The van der Waals surface area contributed by atoms with Gasteiger partial charge < -0.3 is 17.2 Å². The summed E-state index contributed by atoms with van der Waals surface area (Å²) in [5.41, 5.74) is 19.8. The van der Waals surface area contributed by atoms with Crippen LogP contribution in [0.15, 0.2) is 41.8 Å². The fraction of sp³-hybridized carbons (Fsp3) is 0.385. The van der Waals surface area contributed by atoms with E-state index in [9.17, 15) is 0 Å². The number of benzene rings is 1. The third-order valence-electron chi connectivity index (χ3n) is 3.30. The van der Waals surface area contributed by atoms with Gasteiger partial charge in [0.05, 0.1) is 11.4 Å². The number of hydrogen-bond donors (Lipinski definition) is 3. The molecule has 0 amide bonds. The lowest BCUT2D eigenvalue weighted by Gasteiger charge is -2.49. The molecule has 6 heteroatoms. The maximum Gasteiger partial charge on any atom is 0.142 e. The van der Waals surface area contributed by atoms with Crippen molar-refractivity contribution in [3.63, 3.8) is 0 Å². The molecule has 1 atom stereocenters. The fourth-order valence-corrected chi connectivity index (χ4v) is 2.34. The smallest absolute Gasteiger partial charge is 0.142 e. The van der Waals surface area contributed by atoms with Gasteiger partial charge in [-0.25, -0.2) is 10.0 Å². The van der Waals surface area contributed by atoms with Gasteiger partial charge >= 0.3 is 0 Å². The molecule has 1 aliphatic rings. The maximum absolute atomic E-state index is 6.16. The zero-order chi connectivity index (χ0) is 14.0. The second-order valence-corrected chi connectivity index (χ2v) is 4.38. The molecule has 1 unspecified atom stereocenters. The van der Waals surface area contributed by atoms with Crippen LogP contribution in [0.4, 0.5) is 5.69 Å². The van der Waals surface area contributed by atoms with Gasteiger partial charge in [-0.05, 0) is 19.1 Å². The van der Waals surface area contributed by atoms with E-state index >= 15 is 0 Å². The Morgan fingerprint density at radius 3 is 2.21 bits per heavy atom. The number of likely N-dealkylation sites (N-methyl/N-ethyl adjacent to an activating group) is 1. The van der Waals surface area contributed by atoms with Crippen LogP contribution >= 0.6 is 0 Å². The van der Waals surface area contributed by atoms with Crippen LogP contribution in [0.5, 0.6) is 0 Å². The first kappa shape index (κ1) is 13.7. The Hall–Kier alpha value is -1.76. The lowest BCUT2D eigenvalue weighted by atomic mass is 10.2. The van der Waals surface area contributed by atoms with E-state index in [2.05, 4.69) is 6.92 Å². The summed E-state index contributed by atoms with van der Waals surface area (Å²) < 4.78 is 0. The van der Waals surface area contributed by atoms with Crippen LogP contribution in [0, 0.1) is 0 Å². The highest BCUT2D eigenvalue weighted by Gasteiger charge is 2.34. The molecule has 1 aliphatic heterocycles. The minimum atomic E-state index is -0.384. The predicted molar refractivity (Wildman–Crippen MR) is 77.1 cm³/mol. The topological polar surface area (TPSA) is 87.8 Å². The van der Waals surface area contributed by atoms with Crippen LogP contribution in [-0.2, 0) is 0 Å². The summed E-state index contributed by atoms with van der Waals surface area (Å²) in [5, 5.41) is 5.92. The Labute approximate surface area is 114 Å². The van der Waals surface area contributed by atoms with Gasteiger partial charge in [-0.15, -0.1) is 5.12 Å². The summed E-state index contributed by atoms with van der Waals surface area (Å²) in [6.07, 6.45) is -0.384. The van der Waals surface area contributed by atoms with E-state index in [1.807, 2.05) is 52.4 Å². The molecule has 0 saturated heterocycles. The average Bonchev–Trinajstić information content (AvgIpc) is 2.45. The van der Waals surface area contributed by atoms with Crippen molar-refractivity contribution in [2.24, 2.45) is 17.2 Å². The molecular formula is C13H22N6. The van der Waals surface area contributed by atoms with Crippen molar-refractivity contribution < 1.29 is 0 Å². The number of para-hydroxylation sites is 1. The molecule has 0 aliphatic carbocycles.